The minimum atomic E-state index is -0.309. The van der Waals surface area contributed by atoms with Crippen molar-refractivity contribution in [3.8, 4) is 11.1 Å². The number of halogens is 1. The smallest absolute Gasteiger partial charge is 0.323 e. The molecule has 0 radical (unpaired) electrons. The van der Waals surface area contributed by atoms with Crippen molar-refractivity contribution in [3.63, 3.8) is 0 Å². The van der Waals surface area contributed by atoms with Gasteiger partial charge < -0.3 is 16.0 Å². The van der Waals surface area contributed by atoms with E-state index in [0.717, 1.165) is 26.7 Å². The third kappa shape index (κ3) is 3.71. The minimum absolute atomic E-state index is 0.0330. The molecule has 3 aromatic carbocycles. The Hall–Kier alpha value is -3.12. The van der Waals surface area contributed by atoms with Gasteiger partial charge in [0.05, 0.1) is 0 Å². The van der Waals surface area contributed by atoms with Crippen LogP contribution < -0.4 is 16.0 Å². The molecule has 0 spiro atoms. The molecule has 0 atom stereocenters. The van der Waals surface area contributed by atoms with E-state index in [2.05, 4.69) is 31.9 Å². The maximum Gasteiger partial charge on any atom is 0.323 e. The standard InChI is InChI=1S/C21H16BrN3O2/c22-14-3-1-4-16(11-14)25-21(27)24-15-9-7-13(8-10-15)17-5-2-6-18-19(17)12-23-20(18)26/h1-11H,12H2,(H,23,26)(H2,24,25,27). The van der Waals surface area contributed by atoms with E-state index in [9.17, 15) is 9.59 Å². The van der Waals surface area contributed by atoms with Crippen LogP contribution >= 0.6 is 15.9 Å². The molecule has 0 aromatic heterocycles. The number of hydrogen-bond acceptors (Lipinski definition) is 2. The number of benzene rings is 3. The van der Waals surface area contributed by atoms with Crippen LogP contribution in [0.1, 0.15) is 15.9 Å². The van der Waals surface area contributed by atoms with E-state index in [1.54, 1.807) is 0 Å². The summed E-state index contributed by atoms with van der Waals surface area (Å²) in [5.74, 6) is -0.0330. The summed E-state index contributed by atoms with van der Waals surface area (Å²) in [6.07, 6.45) is 0. The molecule has 0 fully saturated rings. The lowest BCUT2D eigenvalue weighted by Crippen LogP contribution is -2.19. The molecule has 1 aliphatic rings. The van der Waals surface area contributed by atoms with Crippen LogP contribution in [0.3, 0.4) is 0 Å². The molecule has 0 saturated heterocycles. The molecule has 0 bridgehead atoms. The van der Waals surface area contributed by atoms with Crippen molar-refractivity contribution in [2.24, 2.45) is 0 Å². The van der Waals surface area contributed by atoms with E-state index >= 15 is 0 Å². The van der Waals surface area contributed by atoms with Gasteiger partial charge in [0.25, 0.3) is 5.91 Å². The van der Waals surface area contributed by atoms with Crippen LogP contribution in [-0.2, 0) is 6.54 Å². The van der Waals surface area contributed by atoms with Gasteiger partial charge >= 0.3 is 6.03 Å². The van der Waals surface area contributed by atoms with Crippen molar-refractivity contribution < 1.29 is 9.59 Å². The second-order valence-electron chi connectivity index (χ2n) is 6.18. The molecule has 0 saturated carbocycles. The molecule has 134 valence electrons. The first-order chi connectivity index (χ1) is 13.1. The monoisotopic (exact) mass is 421 g/mol. The fourth-order valence-corrected chi connectivity index (χ4v) is 3.52. The van der Waals surface area contributed by atoms with Gasteiger partial charge in [0.15, 0.2) is 0 Å². The summed E-state index contributed by atoms with van der Waals surface area (Å²) < 4.78 is 0.896. The summed E-state index contributed by atoms with van der Waals surface area (Å²) in [6, 6.07) is 20.4. The van der Waals surface area contributed by atoms with Crippen LogP contribution in [0.4, 0.5) is 16.2 Å². The summed E-state index contributed by atoms with van der Waals surface area (Å²) in [5.41, 5.74) is 5.15. The van der Waals surface area contributed by atoms with Crippen molar-refractivity contribution in [1.29, 1.82) is 0 Å². The van der Waals surface area contributed by atoms with Crippen molar-refractivity contribution in [2.75, 3.05) is 10.6 Å². The fourth-order valence-electron chi connectivity index (χ4n) is 3.12. The molecule has 1 heterocycles. The quantitative estimate of drug-likeness (QED) is 0.556. The van der Waals surface area contributed by atoms with Gasteiger partial charge in [0.1, 0.15) is 0 Å². The average Bonchev–Trinajstić information content (AvgIpc) is 3.04. The summed E-state index contributed by atoms with van der Waals surface area (Å²) >= 11 is 3.38. The zero-order valence-electron chi connectivity index (χ0n) is 14.3. The second-order valence-corrected chi connectivity index (χ2v) is 7.10. The van der Waals surface area contributed by atoms with E-state index < -0.39 is 0 Å². The van der Waals surface area contributed by atoms with Gasteiger partial charge in [-0.2, -0.15) is 0 Å². The first kappa shape index (κ1) is 17.3. The Morgan fingerprint density at radius 2 is 1.59 bits per heavy atom. The molecule has 0 unspecified atom stereocenters. The van der Waals surface area contributed by atoms with Crippen LogP contribution in [0.15, 0.2) is 71.2 Å². The Labute approximate surface area is 164 Å². The van der Waals surface area contributed by atoms with Gasteiger partial charge in [-0.25, -0.2) is 4.79 Å². The number of anilines is 2. The molecule has 6 heteroatoms. The SMILES string of the molecule is O=C(Nc1ccc(-c2cccc3c2CNC3=O)cc1)Nc1cccc(Br)c1. The number of nitrogens with one attached hydrogen (secondary N) is 3. The lowest BCUT2D eigenvalue weighted by molar-refractivity contribution is 0.0965. The molecular weight excluding hydrogens is 406 g/mol. The van der Waals surface area contributed by atoms with Crippen LogP contribution in [0.5, 0.6) is 0 Å². The highest BCUT2D eigenvalue weighted by atomic mass is 79.9. The third-order valence-corrected chi connectivity index (χ3v) is 4.88. The normalized spacial score (nSPS) is 12.3. The maximum absolute atomic E-state index is 12.2. The van der Waals surface area contributed by atoms with Gasteiger partial charge in [-0.1, -0.05) is 46.3 Å². The van der Waals surface area contributed by atoms with E-state index in [1.807, 2.05) is 66.7 Å². The fraction of sp³-hybridized carbons (Fsp3) is 0.0476. The Bertz CT molecular complexity index is 1030. The summed E-state index contributed by atoms with van der Waals surface area (Å²) in [5, 5.41) is 8.46. The summed E-state index contributed by atoms with van der Waals surface area (Å²) in [6.45, 7) is 0.541. The van der Waals surface area contributed by atoms with Crippen molar-refractivity contribution in [3.05, 3.63) is 82.3 Å². The molecule has 3 amide bonds. The van der Waals surface area contributed by atoms with Gasteiger partial charge in [-0.05, 0) is 53.1 Å². The largest absolute Gasteiger partial charge is 0.348 e. The Balaban J connectivity index is 1.48. The predicted octanol–water partition coefficient (Wildman–Crippen LogP) is 5.00. The highest BCUT2D eigenvalue weighted by Gasteiger charge is 2.21. The van der Waals surface area contributed by atoms with Crippen LogP contribution in [0.2, 0.25) is 0 Å². The molecule has 3 aromatic rings. The molecule has 5 nitrogen and oxygen atoms in total. The van der Waals surface area contributed by atoms with Crippen LogP contribution in [0, 0.1) is 0 Å². The lowest BCUT2D eigenvalue weighted by atomic mass is 9.97. The summed E-state index contributed by atoms with van der Waals surface area (Å²) in [4.78, 5) is 24.0. The number of fused-ring (bicyclic) bond motifs is 1. The number of hydrogen-bond donors (Lipinski definition) is 3. The van der Waals surface area contributed by atoms with Crippen molar-refractivity contribution in [1.82, 2.24) is 5.32 Å². The Kier molecular flexibility index (Phi) is 4.64. The highest BCUT2D eigenvalue weighted by molar-refractivity contribution is 9.10. The number of carbonyl (C=O) groups is 2. The molecule has 3 N–H and O–H groups in total. The average molecular weight is 422 g/mol. The zero-order chi connectivity index (χ0) is 18.8. The zero-order valence-corrected chi connectivity index (χ0v) is 15.8. The van der Waals surface area contributed by atoms with Gasteiger partial charge in [0, 0.05) is 28.0 Å². The van der Waals surface area contributed by atoms with E-state index in [4.69, 9.17) is 0 Å². The molecule has 27 heavy (non-hydrogen) atoms. The molecule has 0 aliphatic carbocycles. The van der Waals surface area contributed by atoms with Crippen molar-refractivity contribution >= 4 is 39.2 Å². The number of urea groups is 1. The van der Waals surface area contributed by atoms with Gasteiger partial charge in [0.2, 0.25) is 0 Å². The highest BCUT2D eigenvalue weighted by Crippen LogP contribution is 2.30. The van der Waals surface area contributed by atoms with Crippen LogP contribution in [-0.4, -0.2) is 11.9 Å². The number of carbonyl (C=O) groups excluding carboxylic acids is 2. The molecule has 1 aliphatic heterocycles. The summed E-state index contributed by atoms with van der Waals surface area (Å²) in [7, 11) is 0. The van der Waals surface area contributed by atoms with E-state index in [0.29, 0.717) is 17.9 Å². The van der Waals surface area contributed by atoms with Gasteiger partial charge in [-0.15, -0.1) is 0 Å². The van der Waals surface area contributed by atoms with Gasteiger partial charge in [-0.3, -0.25) is 4.79 Å². The first-order valence-corrected chi connectivity index (χ1v) is 9.23. The molecule has 4 rings (SSSR count). The third-order valence-electron chi connectivity index (χ3n) is 4.38. The second kappa shape index (κ2) is 7.25. The Morgan fingerprint density at radius 1 is 0.889 bits per heavy atom. The van der Waals surface area contributed by atoms with E-state index in [1.165, 1.54) is 0 Å². The van der Waals surface area contributed by atoms with Crippen LogP contribution in [0.25, 0.3) is 11.1 Å². The number of amides is 3. The Morgan fingerprint density at radius 3 is 2.37 bits per heavy atom. The lowest BCUT2D eigenvalue weighted by Gasteiger charge is -2.10. The van der Waals surface area contributed by atoms with E-state index in [-0.39, 0.29) is 11.9 Å². The van der Waals surface area contributed by atoms with Crippen molar-refractivity contribution in [2.45, 2.75) is 6.54 Å². The molecular formula is C21H16BrN3O2. The first-order valence-electron chi connectivity index (χ1n) is 8.44. The maximum atomic E-state index is 12.2. The minimum Gasteiger partial charge on any atom is -0.348 e. The topological polar surface area (TPSA) is 70.2 Å². The number of rotatable bonds is 3. The predicted molar refractivity (Wildman–Crippen MR) is 110 cm³/mol.